The third-order valence-corrected chi connectivity index (χ3v) is 4.12. The molecule has 0 heterocycles. The van der Waals surface area contributed by atoms with Crippen LogP contribution >= 0.6 is 12.2 Å². The van der Waals surface area contributed by atoms with Gasteiger partial charge in [-0.25, -0.2) is 4.39 Å². The quantitative estimate of drug-likeness (QED) is 0.837. The van der Waals surface area contributed by atoms with Crippen LogP contribution in [0.1, 0.15) is 24.0 Å². The lowest BCUT2D eigenvalue weighted by Crippen LogP contribution is -2.36. The van der Waals surface area contributed by atoms with Crippen molar-refractivity contribution >= 4 is 23.0 Å². The zero-order valence-corrected chi connectivity index (χ0v) is 13.4. The van der Waals surface area contributed by atoms with E-state index in [1.165, 1.54) is 17.7 Å². The Kier molecular flexibility index (Phi) is 4.39. The predicted molar refractivity (Wildman–Crippen MR) is 92.4 cm³/mol. The van der Waals surface area contributed by atoms with E-state index >= 15 is 0 Å². The molecule has 0 aliphatic heterocycles. The lowest BCUT2D eigenvalue weighted by atomic mass is 10.2. The van der Waals surface area contributed by atoms with E-state index in [0.29, 0.717) is 12.6 Å². The van der Waals surface area contributed by atoms with Crippen LogP contribution in [-0.2, 0) is 6.54 Å². The number of nitrogens with zero attached hydrogens (tertiary/aromatic N) is 1. The van der Waals surface area contributed by atoms with Gasteiger partial charge in [0.05, 0.1) is 0 Å². The summed E-state index contributed by atoms with van der Waals surface area (Å²) < 4.78 is 13.0. The molecule has 1 aliphatic carbocycles. The molecule has 0 saturated heterocycles. The van der Waals surface area contributed by atoms with Crippen molar-refractivity contribution in [1.29, 1.82) is 0 Å². The van der Waals surface area contributed by atoms with Crippen molar-refractivity contribution in [2.75, 3.05) is 5.32 Å². The SMILES string of the molecule is Cc1cccc(NC(=S)N(Cc2ccc(F)cc2)C2CC2)c1. The Hall–Kier alpha value is -1.94. The summed E-state index contributed by atoms with van der Waals surface area (Å²) in [6.45, 7) is 2.77. The highest BCUT2D eigenvalue weighted by Crippen LogP contribution is 2.29. The smallest absolute Gasteiger partial charge is 0.173 e. The highest BCUT2D eigenvalue weighted by Gasteiger charge is 2.30. The number of anilines is 1. The van der Waals surface area contributed by atoms with Crippen molar-refractivity contribution in [2.24, 2.45) is 0 Å². The minimum atomic E-state index is -0.206. The first kappa shape index (κ1) is 15.0. The van der Waals surface area contributed by atoms with E-state index in [4.69, 9.17) is 12.2 Å². The molecule has 3 rings (SSSR count). The molecule has 0 amide bonds. The molecule has 2 aromatic rings. The fourth-order valence-corrected chi connectivity index (χ4v) is 2.79. The van der Waals surface area contributed by atoms with E-state index in [9.17, 15) is 4.39 Å². The molecule has 4 heteroatoms. The molecule has 0 aromatic heterocycles. The second-order valence-electron chi connectivity index (χ2n) is 5.79. The van der Waals surface area contributed by atoms with E-state index in [2.05, 4.69) is 29.3 Å². The maximum absolute atomic E-state index is 13.0. The molecular weight excluding hydrogens is 295 g/mol. The van der Waals surface area contributed by atoms with E-state index in [0.717, 1.165) is 29.2 Å². The molecule has 0 unspecified atom stereocenters. The van der Waals surface area contributed by atoms with Crippen LogP contribution in [0.2, 0.25) is 0 Å². The summed E-state index contributed by atoms with van der Waals surface area (Å²) in [6, 6.07) is 15.3. The van der Waals surface area contributed by atoms with Crippen molar-refractivity contribution in [3.8, 4) is 0 Å². The van der Waals surface area contributed by atoms with E-state index in [-0.39, 0.29) is 5.82 Å². The third kappa shape index (κ3) is 3.83. The number of hydrogen-bond acceptors (Lipinski definition) is 1. The van der Waals surface area contributed by atoms with Crippen LogP contribution < -0.4 is 5.32 Å². The highest BCUT2D eigenvalue weighted by molar-refractivity contribution is 7.80. The lowest BCUT2D eigenvalue weighted by molar-refractivity contribution is 0.409. The standard InChI is InChI=1S/C18H19FN2S/c1-13-3-2-4-16(11-13)20-18(22)21(17-9-10-17)12-14-5-7-15(19)8-6-14/h2-8,11,17H,9-10,12H2,1H3,(H,20,22). The van der Waals surface area contributed by atoms with Crippen LogP contribution in [0.3, 0.4) is 0 Å². The first-order valence-electron chi connectivity index (χ1n) is 7.50. The van der Waals surface area contributed by atoms with Crippen LogP contribution in [0.5, 0.6) is 0 Å². The van der Waals surface area contributed by atoms with Gasteiger partial charge in [0.25, 0.3) is 0 Å². The molecule has 2 aromatic carbocycles. The van der Waals surface area contributed by atoms with Crippen molar-refractivity contribution in [3.05, 3.63) is 65.5 Å². The molecular formula is C18H19FN2S. The molecule has 1 N–H and O–H groups in total. The van der Waals surface area contributed by atoms with Crippen LogP contribution in [-0.4, -0.2) is 16.1 Å². The first-order chi connectivity index (χ1) is 10.6. The molecule has 1 fully saturated rings. The van der Waals surface area contributed by atoms with Crippen LogP contribution in [0.25, 0.3) is 0 Å². The number of halogens is 1. The summed E-state index contributed by atoms with van der Waals surface area (Å²) in [4.78, 5) is 2.20. The average molecular weight is 314 g/mol. The second-order valence-corrected chi connectivity index (χ2v) is 6.17. The summed E-state index contributed by atoms with van der Waals surface area (Å²) in [6.07, 6.45) is 2.33. The van der Waals surface area contributed by atoms with Gasteiger partial charge in [0.2, 0.25) is 0 Å². The van der Waals surface area contributed by atoms with Crippen molar-refractivity contribution < 1.29 is 4.39 Å². The van der Waals surface area contributed by atoms with Crippen molar-refractivity contribution in [2.45, 2.75) is 32.4 Å². The molecule has 0 bridgehead atoms. The van der Waals surface area contributed by atoms with Crippen LogP contribution in [0.15, 0.2) is 48.5 Å². The zero-order chi connectivity index (χ0) is 15.5. The number of aryl methyl sites for hydroxylation is 1. The molecule has 22 heavy (non-hydrogen) atoms. The first-order valence-corrected chi connectivity index (χ1v) is 7.91. The largest absolute Gasteiger partial charge is 0.342 e. The van der Waals surface area contributed by atoms with Crippen molar-refractivity contribution in [1.82, 2.24) is 4.90 Å². The molecule has 0 spiro atoms. The third-order valence-electron chi connectivity index (χ3n) is 3.78. The Labute approximate surface area is 136 Å². The van der Waals surface area contributed by atoms with Gasteiger partial charge in [-0.05, 0) is 67.4 Å². The molecule has 2 nitrogen and oxygen atoms in total. The van der Waals surface area contributed by atoms with E-state index in [1.807, 2.05) is 24.3 Å². The van der Waals surface area contributed by atoms with Crippen molar-refractivity contribution in [3.63, 3.8) is 0 Å². The van der Waals surface area contributed by atoms with Gasteiger partial charge in [-0.15, -0.1) is 0 Å². The van der Waals surface area contributed by atoms with Gasteiger partial charge in [-0.1, -0.05) is 24.3 Å². The minimum absolute atomic E-state index is 0.206. The lowest BCUT2D eigenvalue weighted by Gasteiger charge is -2.26. The van der Waals surface area contributed by atoms with Gasteiger partial charge < -0.3 is 10.2 Å². The Morgan fingerprint density at radius 1 is 1.23 bits per heavy atom. The maximum atomic E-state index is 13.0. The van der Waals surface area contributed by atoms with Gasteiger partial charge >= 0.3 is 0 Å². The van der Waals surface area contributed by atoms with Crippen LogP contribution in [0.4, 0.5) is 10.1 Å². The summed E-state index contributed by atoms with van der Waals surface area (Å²) in [5.74, 6) is -0.206. The molecule has 0 atom stereocenters. The summed E-state index contributed by atoms with van der Waals surface area (Å²) in [5.41, 5.74) is 3.28. The Balaban J connectivity index is 1.70. The second kappa shape index (κ2) is 6.44. The molecule has 114 valence electrons. The predicted octanol–water partition coefficient (Wildman–Crippen LogP) is 4.50. The fraction of sp³-hybridized carbons (Fsp3) is 0.278. The van der Waals surface area contributed by atoms with Gasteiger partial charge in [-0.3, -0.25) is 0 Å². The van der Waals surface area contributed by atoms with Gasteiger partial charge in [0, 0.05) is 18.3 Å². The normalized spacial score (nSPS) is 13.7. The number of hydrogen-bond donors (Lipinski definition) is 1. The van der Waals surface area contributed by atoms with Gasteiger partial charge in [0.15, 0.2) is 5.11 Å². The summed E-state index contributed by atoms with van der Waals surface area (Å²) in [7, 11) is 0. The minimum Gasteiger partial charge on any atom is -0.342 e. The Morgan fingerprint density at radius 3 is 2.59 bits per heavy atom. The van der Waals surface area contributed by atoms with Crippen LogP contribution in [0, 0.1) is 12.7 Å². The topological polar surface area (TPSA) is 15.3 Å². The Bertz CT molecular complexity index is 665. The Morgan fingerprint density at radius 2 is 1.95 bits per heavy atom. The van der Waals surface area contributed by atoms with Gasteiger partial charge in [0.1, 0.15) is 5.82 Å². The number of rotatable bonds is 4. The maximum Gasteiger partial charge on any atom is 0.173 e. The summed E-state index contributed by atoms with van der Waals surface area (Å²) in [5, 5.41) is 4.05. The van der Waals surface area contributed by atoms with Gasteiger partial charge in [-0.2, -0.15) is 0 Å². The molecule has 1 saturated carbocycles. The summed E-state index contributed by atoms with van der Waals surface area (Å²) >= 11 is 5.58. The number of benzene rings is 2. The highest BCUT2D eigenvalue weighted by atomic mass is 32.1. The molecule has 0 radical (unpaired) electrons. The molecule has 1 aliphatic rings. The van der Waals surface area contributed by atoms with E-state index < -0.39 is 0 Å². The number of thiocarbonyl (C=S) groups is 1. The average Bonchev–Trinajstić information content (AvgIpc) is 3.31. The number of nitrogens with one attached hydrogen (secondary N) is 1. The fourth-order valence-electron chi connectivity index (χ4n) is 2.46. The van der Waals surface area contributed by atoms with E-state index in [1.54, 1.807) is 0 Å². The monoisotopic (exact) mass is 314 g/mol. The zero-order valence-electron chi connectivity index (χ0n) is 12.6.